The molecule has 2 rings (SSSR count). The smallest absolute Gasteiger partial charge is 0.339 e. The number of hydrogen-bond donors (Lipinski definition) is 1. The molecule has 1 atom stereocenters. The van der Waals surface area contributed by atoms with Gasteiger partial charge in [-0.2, -0.15) is 0 Å². The van der Waals surface area contributed by atoms with Crippen LogP contribution in [0.2, 0.25) is 5.02 Å². The molecule has 0 bridgehead atoms. The second kappa shape index (κ2) is 7.47. The molecule has 1 N–H and O–H groups in total. The van der Waals surface area contributed by atoms with E-state index in [1.807, 2.05) is 0 Å². The Bertz CT molecular complexity index is 564. The summed E-state index contributed by atoms with van der Waals surface area (Å²) < 4.78 is 9.76. The van der Waals surface area contributed by atoms with Crippen LogP contribution in [0.1, 0.15) is 23.2 Å². The Kier molecular flexibility index (Phi) is 5.63. The number of methoxy groups -OCH3 is 2. The Hall–Kier alpha value is -1.79. The van der Waals surface area contributed by atoms with Crippen LogP contribution in [0.15, 0.2) is 18.2 Å². The monoisotopic (exact) mass is 326 g/mol. The second-order valence-corrected chi connectivity index (χ2v) is 5.47. The molecular formula is C15H19ClN2O4. The fourth-order valence-corrected chi connectivity index (χ4v) is 2.79. The quantitative estimate of drug-likeness (QED) is 0.864. The first-order chi connectivity index (χ1) is 10.6. The van der Waals surface area contributed by atoms with Crippen molar-refractivity contribution in [1.82, 2.24) is 4.90 Å². The van der Waals surface area contributed by atoms with Crippen molar-refractivity contribution in [2.75, 3.05) is 32.7 Å². The van der Waals surface area contributed by atoms with Gasteiger partial charge in [0, 0.05) is 19.3 Å². The highest BCUT2D eigenvalue weighted by molar-refractivity contribution is 6.33. The number of ether oxygens (including phenoxy) is 2. The number of urea groups is 1. The minimum Gasteiger partial charge on any atom is -0.465 e. The van der Waals surface area contributed by atoms with Crippen LogP contribution in [0.3, 0.4) is 0 Å². The summed E-state index contributed by atoms with van der Waals surface area (Å²) >= 11 is 6.04. The summed E-state index contributed by atoms with van der Waals surface area (Å²) in [7, 11) is 2.91. The minimum atomic E-state index is -0.512. The molecule has 0 saturated carbocycles. The Morgan fingerprint density at radius 3 is 2.82 bits per heavy atom. The average molecular weight is 327 g/mol. The number of esters is 1. The van der Waals surface area contributed by atoms with Gasteiger partial charge >= 0.3 is 12.0 Å². The van der Waals surface area contributed by atoms with E-state index in [2.05, 4.69) is 10.1 Å². The van der Waals surface area contributed by atoms with E-state index in [1.165, 1.54) is 19.2 Å². The largest absolute Gasteiger partial charge is 0.465 e. The number of anilines is 1. The first kappa shape index (κ1) is 16.6. The van der Waals surface area contributed by atoms with Crippen LogP contribution in [0, 0.1) is 0 Å². The molecule has 1 aliphatic rings. The van der Waals surface area contributed by atoms with Gasteiger partial charge in [-0.05, 0) is 31.0 Å². The van der Waals surface area contributed by atoms with Crippen LogP contribution in [0.25, 0.3) is 0 Å². The summed E-state index contributed by atoms with van der Waals surface area (Å²) in [5.74, 6) is -0.512. The van der Waals surface area contributed by atoms with Crippen LogP contribution in [0.4, 0.5) is 10.5 Å². The molecule has 1 aliphatic heterocycles. The Labute approximate surface area is 134 Å². The highest BCUT2D eigenvalue weighted by Gasteiger charge is 2.28. The number of benzene rings is 1. The number of hydrogen-bond acceptors (Lipinski definition) is 4. The summed E-state index contributed by atoms with van der Waals surface area (Å²) in [6, 6.07) is 4.58. The average Bonchev–Trinajstić information content (AvgIpc) is 2.95. The molecule has 22 heavy (non-hydrogen) atoms. The predicted molar refractivity (Wildman–Crippen MR) is 83.4 cm³/mol. The molecule has 0 aromatic heterocycles. The van der Waals surface area contributed by atoms with Crippen molar-refractivity contribution in [3.63, 3.8) is 0 Å². The zero-order valence-electron chi connectivity index (χ0n) is 12.6. The van der Waals surface area contributed by atoms with E-state index in [-0.39, 0.29) is 22.7 Å². The van der Waals surface area contributed by atoms with Gasteiger partial charge in [-0.1, -0.05) is 11.6 Å². The molecule has 2 amide bonds. The summed E-state index contributed by atoms with van der Waals surface area (Å²) in [5.41, 5.74) is 0.798. The van der Waals surface area contributed by atoms with Gasteiger partial charge in [0.05, 0.1) is 30.3 Å². The van der Waals surface area contributed by atoms with Crippen molar-refractivity contribution in [2.24, 2.45) is 0 Å². The van der Waals surface area contributed by atoms with Gasteiger partial charge in [-0.15, -0.1) is 0 Å². The van der Waals surface area contributed by atoms with Crippen LogP contribution < -0.4 is 5.32 Å². The van der Waals surface area contributed by atoms with Gasteiger partial charge in [-0.3, -0.25) is 0 Å². The Morgan fingerprint density at radius 2 is 2.18 bits per heavy atom. The van der Waals surface area contributed by atoms with Gasteiger partial charge in [0.1, 0.15) is 0 Å². The van der Waals surface area contributed by atoms with Crippen molar-refractivity contribution >= 4 is 29.3 Å². The van der Waals surface area contributed by atoms with E-state index >= 15 is 0 Å². The van der Waals surface area contributed by atoms with Gasteiger partial charge < -0.3 is 19.7 Å². The topological polar surface area (TPSA) is 67.9 Å². The summed E-state index contributed by atoms with van der Waals surface area (Å²) in [4.78, 5) is 25.5. The first-order valence-corrected chi connectivity index (χ1v) is 7.39. The fraction of sp³-hybridized carbons (Fsp3) is 0.467. The van der Waals surface area contributed by atoms with E-state index in [1.54, 1.807) is 18.1 Å². The molecule has 1 heterocycles. The first-order valence-electron chi connectivity index (χ1n) is 7.01. The lowest BCUT2D eigenvalue weighted by atomic mass is 10.2. The highest BCUT2D eigenvalue weighted by Crippen LogP contribution is 2.23. The molecule has 1 saturated heterocycles. The number of halogens is 1. The maximum atomic E-state index is 12.3. The number of carbonyl (C=O) groups excluding carboxylic acids is 2. The van der Waals surface area contributed by atoms with Gasteiger partial charge in [0.25, 0.3) is 0 Å². The minimum absolute atomic E-state index is 0.0924. The van der Waals surface area contributed by atoms with Gasteiger partial charge in [0.15, 0.2) is 0 Å². The summed E-state index contributed by atoms with van der Waals surface area (Å²) in [6.07, 6.45) is 1.90. The maximum absolute atomic E-state index is 12.3. The number of nitrogens with one attached hydrogen (secondary N) is 1. The van der Waals surface area contributed by atoms with Crippen LogP contribution >= 0.6 is 11.6 Å². The molecule has 1 aromatic rings. The highest BCUT2D eigenvalue weighted by atomic mass is 35.5. The van der Waals surface area contributed by atoms with E-state index < -0.39 is 5.97 Å². The van der Waals surface area contributed by atoms with Crippen molar-refractivity contribution in [1.29, 1.82) is 0 Å². The zero-order chi connectivity index (χ0) is 16.1. The molecule has 0 radical (unpaired) electrons. The third-order valence-corrected chi connectivity index (χ3v) is 3.94. The normalized spacial score (nSPS) is 17.4. The number of rotatable bonds is 4. The predicted octanol–water partition coefficient (Wildman–Crippen LogP) is 2.77. The van der Waals surface area contributed by atoms with E-state index in [4.69, 9.17) is 16.3 Å². The molecule has 6 nitrogen and oxygen atoms in total. The molecule has 0 unspecified atom stereocenters. The van der Waals surface area contributed by atoms with E-state index in [9.17, 15) is 9.59 Å². The van der Waals surface area contributed by atoms with Gasteiger partial charge in [-0.25, -0.2) is 9.59 Å². The number of carbonyl (C=O) groups is 2. The Morgan fingerprint density at radius 1 is 1.41 bits per heavy atom. The number of likely N-dealkylation sites (tertiary alicyclic amines) is 1. The summed E-state index contributed by atoms with van der Waals surface area (Å²) in [5, 5.41) is 3.03. The van der Waals surface area contributed by atoms with Crippen molar-refractivity contribution in [3.05, 3.63) is 28.8 Å². The molecule has 0 aliphatic carbocycles. The molecular weight excluding hydrogens is 308 g/mol. The van der Waals surface area contributed by atoms with Crippen molar-refractivity contribution in [2.45, 2.75) is 18.9 Å². The van der Waals surface area contributed by atoms with E-state index in [0.29, 0.717) is 18.8 Å². The van der Waals surface area contributed by atoms with Crippen molar-refractivity contribution < 1.29 is 19.1 Å². The molecule has 1 fully saturated rings. The lowest BCUT2D eigenvalue weighted by molar-refractivity contribution is 0.0601. The SMILES string of the molecule is COC[C@@H]1CCCN1C(=O)Nc1ccc(C(=O)OC)c(Cl)c1. The van der Waals surface area contributed by atoms with Gasteiger partial charge in [0.2, 0.25) is 0 Å². The molecule has 7 heteroatoms. The standard InChI is InChI=1S/C15H19ClN2O4/c1-21-9-11-4-3-7-18(11)15(20)17-10-5-6-12(13(16)8-10)14(19)22-2/h5-6,8,11H,3-4,7,9H2,1-2H3,(H,17,20)/t11-/m0/s1. The van der Waals surface area contributed by atoms with Crippen LogP contribution in [-0.2, 0) is 9.47 Å². The van der Waals surface area contributed by atoms with Crippen LogP contribution in [-0.4, -0.2) is 50.3 Å². The maximum Gasteiger partial charge on any atom is 0.339 e. The lowest BCUT2D eigenvalue weighted by Crippen LogP contribution is -2.40. The molecule has 120 valence electrons. The van der Waals surface area contributed by atoms with E-state index in [0.717, 1.165) is 12.8 Å². The third kappa shape index (κ3) is 3.69. The zero-order valence-corrected chi connectivity index (χ0v) is 13.4. The lowest BCUT2D eigenvalue weighted by Gasteiger charge is -2.24. The summed E-state index contributed by atoms with van der Waals surface area (Å²) in [6.45, 7) is 1.23. The fourth-order valence-electron chi connectivity index (χ4n) is 2.53. The number of nitrogens with zero attached hydrogens (tertiary/aromatic N) is 1. The van der Waals surface area contributed by atoms with Crippen LogP contribution in [0.5, 0.6) is 0 Å². The third-order valence-electron chi connectivity index (χ3n) is 3.62. The second-order valence-electron chi connectivity index (χ2n) is 5.06. The van der Waals surface area contributed by atoms with Crippen molar-refractivity contribution in [3.8, 4) is 0 Å². The molecule has 1 aromatic carbocycles. The number of amides is 2. The molecule has 0 spiro atoms. The Balaban J connectivity index is 2.05.